The molecule has 0 radical (unpaired) electrons. The summed E-state index contributed by atoms with van der Waals surface area (Å²) in [4.78, 5) is 14.8. The number of likely N-dealkylation sites (tertiary alicyclic amines) is 1. The van der Waals surface area contributed by atoms with Gasteiger partial charge in [0.05, 0.1) is 11.5 Å². The van der Waals surface area contributed by atoms with Crippen molar-refractivity contribution in [3.05, 3.63) is 0 Å². The van der Waals surface area contributed by atoms with Crippen LogP contribution < -0.4 is 0 Å². The van der Waals surface area contributed by atoms with Crippen molar-refractivity contribution in [2.45, 2.75) is 51.6 Å². The standard InChI is InChI=1S/C15H27NO3/c1-12(17)13-5-3-9-16(11-13)14(18)15(6-4-7-15)8-10-19-2/h12-13,17H,3-11H2,1-2H3. The maximum Gasteiger partial charge on any atom is 0.228 e. The zero-order valence-corrected chi connectivity index (χ0v) is 12.2. The van der Waals surface area contributed by atoms with Gasteiger partial charge in [0.1, 0.15) is 0 Å². The van der Waals surface area contributed by atoms with Gasteiger partial charge in [-0.25, -0.2) is 0 Å². The van der Waals surface area contributed by atoms with Crippen molar-refractivity contribution < 1.29 is 14.6 Å². The van der Waals surface area contributed by atoms with Crippen molar-refractivity contribution in [1.29, 1.82) is 0 Å². The van der Waals surface area contributed by atoms with Crippen LogP contribution >= 0.6 is 0 Å². The van der Waals surface area contributed by atoms with E-state index in [0.29, 0.717) is 12.5 Å². The molecule has 2 aliphatic rings. The number of carbonyl (C=O) groups is 1. The summed E-state index contributed by atoms with van der Waals surface area (Å²) < 4.78 is 5.16. The van der Waals surface area contributed by atoms with Crippen LogP contribution in [0.2, 0.25) is 0 Å². The summed E-state index contributed by atoms with van der Waals surface area (Å²) in [5, 5.41) is 9.73. The number of aliphatic hydroxyl groups excluding tert-OH is 1. The van der Waals surface area contributed by atoms with E-state index in [4.69, 9.17) is 4.74 Å². The van der Waals surface area contributed by atoms with Crippen molar-refractivity contribution in [3.63, 3.8) is 0 Å². The number of methoxy groups -OCH3 is 1. The third-order valence-electron chi connectivity index (χ3n) is 4.98. The molecule has 1 aliphatic carbocycles. The molecule has 0 aromatic carbocycles. The number of aliphatic hydroxyl groups is 1. The number of hydrogen-bond donors (Lipinski definition) is 1. The maximum atomic E-state index is 12.8. The minimum absolute atomic E-state index is 0.156. The number of carbonyl (C=O) groups excluding carboxylic acids is 1. The Labute approximate surface area is 116 Å². The highest BCUT2D eigenvalue weighted by atomic mass is 16.5. The number of ether oxygens (including phenoxy) is 1. The highest BCUT2D eigenvalue weighted by Gasteiger charge is 2.46. The van der Waals surface area contributed by atoms with Gasteiger partial charge in [0.15, 0.2) is 0 Å². The van der Waals surface area contributed by atoms with Crippen LogP contribution in [0.25, 0.3) is 0 Å². The van der Waals surface area contributed by atoms with Gasteiger partial charge >= 0.3 is 0 Å². The molecule has 0 aromatic heterocycles. The number of amides is 1. The Morgan fingerprint density at radius 2 is 2.21 bits per heavy atom. The molecule has 1 N–H and O–H groups in total. The molecule has 110 valence electrons. The lowest BCUT2D eigenvalue weighted by atomic mass is 9.65. The molecule has 1 saturated carbocycles. The summed E-state index contributed by atoms with van der Waals surface area (Å²) in [6.07, 6.45) is 5.75. The zero-order chi connectivity index (χ0) is 13.9. The lowest BCUT2D eigenvalue weighted by molar-refractivity contribution is -0.151. The zero-order valence-electron chi connectivity index (χ0n) is 12.2. The van der Waals surface area contributed by atoms with Crippen molar-refractivity contribution in [2.24, 2.45) is 11.3 Å². The summed E-state index contributed by atoms with van der Waals surface area (Å²) in [7, 11) is 1.70. The van der Waals surface area contributed by atoms with E-state index in [9.17, 15) is 9.90 Å². The molecule has 4 heteroatoms. The minimum atomic E-state index is -0.313. The second kappa shape index (κ2) is 6.23. The first-order valence-electron chi connectivity index (χ1n) is 7.55. The predicted molar refractivity (Wildman–Crippen MR) is 73.8 cm³/mol. The number of nitrogens with zero attached hydrogens (tertiary/aromatic N) is 1. The van der Waals surface area contributed by atoms with E-state index < -0.39 is 0 Å². The summed E-state index contributed by atoms with van der Waals surface area (Å²) in [5.74, 6) is 0.554. The SMILES string of the molecule is COCCC1(C(=O)N2CCCC(C(C)O)C2)CCC1. The lowest BCUT2D eigenvalue weighted by Gasteiger charge is -2.46. The molecular weight excluding hydrogens is 242 g/mol. The van der Waals surface area contributed by atoms with Crippen LogP contribution in [0.4, 0.5) is 0 Å². The van der Waals surface area contributed by atoms with E-state index in [2.05, 4.69) is 0 Å². The molecule has 19 heavy (non-hydrogen) atoms. The second-order valence-electron chi connectivity index (χ2n) is 6.27. The predicted octanol–water partition coefficient (Wildman–Crippen LogP) is 1.81. The van der Waals surface area contributed by atoms with E-state index >= 15 is 0 Å². The Balaban J connectivity index is 1.97. The summed E-state index contributed by atoms with van der Waals surface area (Å²) in [5.41, 5.74) is -0.156. The molecule has 2 unspecified atom stereocenters. The average molecular weight is 269 g/mol. The third-order valence-corrected chi connectivity index (χ3v) is 4.98. The van der Waals surface area contributed by atoms with Crippen molar-refractivity contribution in [3.8, 4) is 0 Å². The normalized spacial score (nSPS) is 27.7. The average Bonchev–Trinajstić information content (AvgIpc) is 2.37. The van der Waals surface area contributed by atoms with E-state index in [0.717, 1.165) is 51.6 Å². The second-order valence-corrected chi connectivity index (χ2v) is 6.27. The third kappa shape index (κ3) is 3.11. The molecule has 4 nitrogen and oxygen atoms in total. The van der Waals surface area contributed by atoms with Crippen LogP contribution in [0.1, 0.15) is 45.4 Å². The first-order chi connectivity index (χ1) is 9.09. The maximum absolute atomic E-state index is 12.8. The van der Waals surface area contributed by atoms with Crippen LogP contribution in [0.5, 0.6) is 0 Å². The van der Waals surface area contributed by atoms with Gasteiger partial charge in [-0.2, -0.15) is 0 Å². The van der Waals surface area contributed by atoms with E-state index in [-0.39, 0.29) is 17.4 Å². The van der Waals surface area contributed by atoms with Crippen molar-refractivity contribution >= 4 is 5.91 Å². The van der Waals surface area contributed by atoms with Gasteiger partial charge in [-0.1, -0.05) is 6.42 Å². The Morgan fingerprint density at radius 3 is 2.74 bits per heavy atom. The molecule has 0 spiro atoms. The Kier molecular flexibility index (Phi) is 4.85. The van der Waals surface area contributed by atoms with Crippen LogP contribution in [0.15, 0.2) is 0 Å². The molecule has 0 aromatic rings. The van der Waals surface area contributed by atoms with Gasteiger partial charge in [-0.15, -0.1) is 0 Å². The largest absolute Gasteiger partial charge is 0.393 e. The molecule has 0 bridgehead atoms. The topological polar surface area (TPSA) is 49.8 Å². The quantitative estimate of drug-likeness (QED) is 0.828. The molecule has 1 amide bonds. The molecule has 2 rings (SSSR count). The minimum Gasteiger partial charge on any atom is -0.393 e. The van der Waals surface area contributed by atoms with Gasteiger partial charge < -0.3 is 14.7 Å². The molecule has 1 saturated heterocycles. The monoisotopic (exact) mass is 269 g/mol. The molecule has 2 fully saturated rings. The summed E-state index contributed by atoms with van der Waals surface area (Å²) in [6.45, 7) is 4.09. The molecule has 2 atom stereocenters. The van der Waals surface area contributed by atoms with Crippen LogP contribution in [0, 0.1) is 11.3 Å². The number of hydrogen-bond acceptors (Lipinski definition) is 3. The van der Waals surface area contributed by atoms with Crippen molar-refractivity contribution in [2.75, 3.05) is 26.8 Å². The first kappa shape index (κ1) is 14.8. The fraction of sp³-hybridized carbons (Fsp3) is 0.933. The molecule has 1 heterocycles. The first-order valence-corrected chi connectivity index (χ1v) is 7.55. The Bertz CT molecular complexity index is 313. The van der Waals surface area contributed by atoms with Gasteiger partial charge in [0, 0.05) is 32.7 Å². The van der Waals surface area contributed by atoms with Crippen LogP contribution in [-0.2, 0) is 9.53 Å². The number of piperidine rings is 1. The number of rotatable bonds is 5. The van der Waals surface area contributed by atoms with E-state index in [1.165, 1.54) is 0 Å². The van der Waals surface area contributed by atoms with Gasteiger partial charge in [0.2, 0.25) is 5.91 Å². The van der Waals surface area contributed by atoms with E-state index in [1.54, 1.807) is 7.11 Å². The van der Waals surface area contributed by atoms with Gasteiger partial charge in [-0.05, 0) is 39.0 Å². The molecular formula is C15H27NO3. The summed E-state index contributed by atoms with van der Waals surface area (Å²) in [6, 6.07) is 0. The van der Waals surface area contributed by atoms with Crippen LogP contribution in [0.3, 0.4) is 0 Å². The molecule has 1 aliphatic heterocycles. The van der Waals surface area contributed by atoms with E-state index in [1.807, 2.05) is 11.8 Å². The fourth-order valence-electron chi connectivity index (χ4n) is 3.40. The van der Waals surface area contributed by atoms with Crippen molar-refractivity contribution in [1.82, 2.24) is 4.90 Å². The Morgan fingerprint density at radius 1 is 1.47 bits per heavy atom. The highest BCUT2D eigenvalue weighted by molar-refractivity contribution is 5.83. The lowest BCUT2D eigenvalue weighted by Crippen LogP contribution is -2.52. The Hall–Kier alpha value is -0.610. The smallest absolute Gasteiger partial charge is 0.228 e. The fourth-order valence-corrected chi connectivity index (χ4v) is 3.40. The van der Waals surface area contributed by atoms with Gasteiger partial charge in [0.25, 0.3) is 0 Å². The summed E-state index contributed by atoms with van der Waals surface area (Å²) >= 11 is 0. The van der Waals surface area contributed by atoms with Crippen LogP contribution in [-0.4, -0.2) is 48.8 Å². The highest BCUT2D eigenvalue weighted by Crippen LogP contribution is 2.46. The van der Waals surface area contributed by atoms with Gasteiger partial charge in [-0.3, -0.25) is 4.79 Å².